The Labute approximate surface area is 118 Å². The van der Waals surface area contributed by atoms with Crippen LogP contribution in [0, 0.1) is 0 Å². The van der Waals surface area contributed by atoms with Crippen LogP contribution < -0.4 is 15.4 Å². The molecule has 0 aliphatic heterocycles. The number of para-hydroxylation sites is 2. The van der Waals surface area contributed by atoms with Gasteiger partial charge >= 0.3 is 0 Å². The lowest BCUT2D eigenvalue weighted by Crippen LogP contribution is -2.27. The number of carbonyl (C=O) groups excluding carboxylic acids is 1. The number of ether oxygens (including phenoxy) is 1. The lowest BCUT2D eigenvalue weighted by Gasteiger charge is -2.19. The van der Waals surface area contributed by atoms with Gasteiger partial charge in [-0.25, -0.2) is 0 Å². The molecule has 0 aliphatic rings. The van der Waals surface area contributed by atoms with Gasteiger partial charge < -0.3 is 15.4 Å². The standard InChI is InChI=1S/C15H17N3O2/c1-18(13-5-3-4-6-14(13)20-2)15(19)12-8-7-11(9-16)10-17-12/h3-8,10H,9,16H2,1-2H3. The number of aromatic nitrogens is 1. The van der Waals surface area contributed by atoms with E-state index in [1.807, 2.05) is 24.3 Å². The number of hydrogen-bond donors (Lipinski definition) is 1. The molecule has 0 unspecified atom stereocenters. The van der Waals surface area contributed by atoms with E-state index in [1.54, 1.807) is 32.5 Å². The second-order valence-electron chi connectivity index (χ2n) is 4.29. The molecule has 1 aromatic heterocycles. The summed E-state index contributed by atoms with van der Waals surface area (Å²) >= 11 is 0. The summed E-state index contributed by atoms with van der Waals surface area (Å²) in [6.45, 7) is 0.407. The van der Waals surface area contributed by atoms with Gasteiger partial charge in [-0.05, 0) is 23.8 Å². The minimum Gasteiger partial charge on any atom is -0.495 e. The van der Waals surface area contributed by atoms with Crippen molar-refractivity contribution in [2.75, 3.05) is 19.1 Å². The van der Waals surface area contributed by atoms with Crippen LogP contribution in [0.5, 0.6) is 5.75 Å². The highest BCUT2D eigenvalue weighted by Crippen LogP contribution is 2.27. The van der Waals surface area contributed by atoms with Crippen LogP contribution in [0.4, 0.5) is 5.69 Å². The lowest BCUT2D eigenvalue weighted by atomic mass is 10.2. The van der Waals surface area contributed by atoms with Crippen LogP contribution in [0.2, 0.25) is 0 Å². The van der Waals surface area contributed by atoms with Gasteiger partial charge in [0.1, 0.15) is 11.4 Å². The van der Waals surface area contributed by atoms with Gasteiger partial charge in [0.25, 0.3) is 5.91 Å². The Morgan fingerprint density at radius 3 is 2.65 bits per heavy atom. The summed E-state index contributed by atoms with van der Waals surface area (Å²) < 4.78 is 5.26. The largest absolute Gasteiger partial charge is 0.495 e. The fourth-order valence-corrected chi connectivity index (χ4v) is 1.86. The minimum absolute atomic E-state index is 0.196. The summed E-state index contributed by atoms with van der Waals surface area (Å²) in [5.41, 5.74) is 7.47. The van der Waals surface area contributed by atoms with Gasteiger partial charge in [0, 0.05) is 19.8 Å². The van der Waals surface area contributed by atoms with Crippen LogP contribution in [0.1, 0.15) is 16.1 Å². The molecule has 0 aliphatic carbocycles. The maximum atomic E-state index is 12.4. The first-order chi connectivity index (χ1) is 9.67. The molecule has 2 rings (SSSR count). The van der Waals surface area contributed by atoms with Gasteiger partial charge in [0.15, 0.2) is 0 Å². The van der Waals surface area contributed by atoms with E-state index in [1.165, 1.54) is 4.90 Å². The van der Waals surface area contributed by atoms with Crippen molar-refractivity contribution in [3.05, 3.63) is 53.9 Å². The average Bonchev–Trinajstić information content (AvgIpc) is 2.53. The molecule has 5 heteroatoms. The fraction of sp³-hybridized carbons (Fsp3) is 0.200. The molecule has 0 fully saturated rings. The molecule has 2 N–H and O–H groups in total. The molecule has 1 heterocycles. The number of amides is 1. The second kappa shape index (κ2) is 6.16. The maximum absolute atomic E-state index is 12.4. The number of benzene rings is 1. The number of carbonyl (C=O) groups is 1. The molecule has 1 aromatic carbocycles. The van der Waals surface area contributed by atoms with Crippen molar-refractivity contribution in [1.82, 2.24) is 4.98 Å². The zero-order valence-corrected chi connectivity index (χ0v) is 11.5. The molecular weight excluding hydrogens is 254 g/mol. The number of pyridine rings is 1. The van der Waals surface area contributed by atoms with E-state index >= 15 is 0 Å². The number of methoxy groups -OCH3 is 1. The van der Waals surface area contributed by atoms with Crippen molar-refractivity contribution in [3.8, 4) is 5.75 Å². The van der Waals surface area contributed by atoms with Crippen molar-refractivity contribution in [3.63, 3.8) is 0 Å². The molecule has 1 amide bonds. The highest BCUT2D eigenvalue weighted by Gasteiger charge is 2.17. The first-order valence-electron chi connectivity index (χ1n) is 6.23. The molecule has 0 radical (unpaired) electrons. The summed E-state index contributed by atoms with van der Waals surface area (Å²) in [4.78, 5) is 18.0. The number of hydrogen-bond acceptors (Lipinski definition) is 4. The molecule has 0 bridgehead atoms. The summed E-state index contributed by atoms with van der Waals surface area (Å²) in [6.07, 6.45) is 1.61. The average molecular weight is 271 g/mol. The van der Waals surface area contributed by atoms with Crippen LogP contribution in [-0.4, -0.2) is 25.0 Å². The lowest BCUT2D eigenvalue weighted by molar-refractivity contribution is 0.0987. The number of anilines is 1. The van der Waals surface area contributed by atoms with Crippen molar-refractivity contribution in [2.24, 2.45) is 5.73 Å². The first-order valence-corrected chi connectivity index (χ1v) is 6.23. The number of nitrogens with two attached hydrogens (primary N) is 1. The topological polar surface area (TPSA) is 68.5 Å². The Balaban J connectivity index is 2.27. The Kier molecular flexibility index (Phi) is 4.32. The molecule has 5 nitrogen and oxygen atoms in total. The van der Waals surface area contributed by atoms with E-state index in [-0.39, 0.29) is 5.91 Å². The summed E-state index contributed by atoms with van der Waals surface area (Å²) in [5.74, 6) is 0.444. The molecule has 2 aromatic rings. The van der Waals surface area contributed by atoms with E-state index in [4.69, 9.17) is 10.5 Å². The van der Waals surface area contributed by atoms with Gasteiger partial charge in [-0.15, -0.1) is 0 Å². The predicted octanol–water partition coefficient (Wildman–Crippen LogP) is 1.83. The molecule has 0 saturated carbocycles. The molecule has 0 atom stereocenters. The van der Waals surface area contributed by atoms with Crippen molar-refractivity contribution >= 4 is 11.6 Å². The third-order valence-electron chi connectivity index (χ3n) is 3.03. The third kappa shape index (κ3) is 2.78. The summed E-state index contributed by atoms with van der Waals surface area (Å²) in [5, 5.41) is 0. The van der Waals surface area contributed by atoms with Crippen LogP contribution in [0.15, 0.2) is 42.6 Å². The van der Waals surface area contributed by atoms with Crippen molar-refractivity contribution < 1.29 is 9.53 Å². The molecule has 20 heavy (non-hydrogen) atoms. The molecular formula is C15H17N3O2. The smallest absolute Gasteiger partial charge is 0.276 e. The van der Waals surface area contributed by atoms with Gasteiger partial charge in [-0.3, -0.25) is 9.78 Å². The minimum atomic E-state index is -0.196. The van der Waals surface area contributed by atoms with Crippen LogP contribution in [0.25, 0.3) is 0 Å². The van der Waals surface area contributed by atoms with Crippen molar-refractivity contribution in [1.29, 1.82) is 0 Å². The first kappa shape index (κ1) is 14.0. The van der Waals surface area contributed by atoms with Gasteiger partial charge in [-0.2, -0.15) is 0 Å². The van der Waals surface area contributed by atoms with Gasteiger partial charge in [0.05, 0.1) is 12.8 Å². The second-order valence-corrected chi connectivity index (χ2v) is 4.29. The van der Waals surface area contributed by atoms with E-state index in [0.29, 0.717) is 23.7 Å². The van der Waals surface area contributed by atoms with E-state index in [2.05, 4.69) is 4.98 Å². The van der Waals surface area contributed by atoms with E-state index in [9.17, 15) is 4.79 Å². The van der Waals surface area contributed by atoms with Crippen molar-refractivity contribution in [2.45, 2.75) is 6.54 Å². The SMILES string of the molecule is COc1ccccc1N(C)C(=O)c1ccc(CN)cn1. The van der Waals surface area contributed by atoms with Crippen LogP contribution >= 0.6 is 0 Å². The van der Waals surface area contributed by atoms with Gasteiger partial charge in [-0.1, -0.05) is 18.2 Å². The Bertz CT molecular complexity index is 596. The Hall–Kier alpha value is -2.40. The highest BCUT2D eigenvalue weighted by atomic mass is 16.5. The maximum Gasteiger partial charge on any atom is 0.276 e. The number of rotatable bonds is 4. The Morgan fingerprint density at radius 2 is 2.05 bits per heavy atom. The summed E-state index contributed by atoms with van der Waals surface area (Å²) in [7, 11) is 3.27. The molecule has 0 saturated heterocycles. The zero-order valence-electron chi connectivity index (χ0n) is 11.5. The highest BCUT2D eigenvalue weighted by molar-refractivity contribution is 6.05. The third-order valence-corrected chi connectivity index (χ3v) is 3.03. The summed E-state index contributed by atoms with van der Waals surface area (Å²) in [6, 6.07) is 10.8. The fourth-order valence-electron chi connectivity index (χ4n) is 1.86. The molecule has 0 spiro atoms. The van der Waals surface area contributed by atoms with E-state index < -0.39 is 0 Å². The van der Waals surface area contributed by atoms with Crippen LogP contribution in [-0.2, 0) is 6.54 Å². The van der Waals surface area contributed by atoms with Crippen LogP contribution in [0.3, 0.4) is 0 Å². The normalized spacial score (nSPS) is 10.2. The monoisotopic (exact) mass is 271 g/mol. The predicted molar refractivity (Wildman–Crippen MR) is 77.9 cm³/mol. The number of nitrogens with zero attached hydrogens (tertiary/aromatic N) is 2. The Morgan fingerprint density at radius 1 is 1.30 bits per heavy atom. The van der Waals surface area contributed by atoms with Gasteiger partial charge in [0.2, 0.25) is 0 Å². The zero-order chi connectivity index (χ0) is 14.5. The van der Waals surface area contributed by atoms with E-state index in [0.717, 1.165) is 5.56 Å². The molecule has 104 valence electrons. The quantitative estimate of drug-likeness (QED) is 0.921.